The average molecular weight is 146 g/mol. The van der Waals surface area contributed by atoms with Crippen LogP contribution in [0.15, 0.2) is 0 Å². The van der Waals surface area contributed by atoms with E-state index in [1.54, 1.807) is 0 Å². The second-order valence-corrected chi connectivity index (χ2v) is 1.39. The van der Waals surface area contributed by atoms with E-state index in [9.17, 15) is 14.4 Å². The maximum Gasteiger partial charge on any atom is 0.341 e. The number of primary amides is 1. The SMILES string of the molecule is CC(=O)ONC(=O)C(N)=O. The van der Waals surface area contributed by atoms with Gasteiger partial charge in [0.1, 0.15) is 0 Å². The molecule has 0 aliphatic carbocycles. The summed E-state index contributed by atoms with van der Waals surface area (Å²) in [6.45, 7) is 1.07. The van der Waals surface area contributed by atoms with Crippen LogP contribution in [-0.4, -0.2) is 17.8 Å². The van der Waals surface area contributed by atoms with Crippen LogP contribution in [0.4, 0.5) is 0 Å². The molecule has 56 valence electrons. The molecule has 0 aromatic heterocycles. The van der Waals surface area contributed by atoms with Gasteiger partial charge >= 0.3 is 17.8 Å². The Labute approximate surface area is 56.3 Å². The summed E-state index contributed by atoms with van der Waals surface area (Å²) < 4.78 is 0. The van der Waals surface area contributed by atoms with Crippen molar-refractivity contribution in [3.05, 3.63) is 0 Å². The van der Waals surface area contributed by atoms with Gasteiger partial charge in [-0.15, -0.1) is 0 Å². The molecule has 0 bridgehead atoms. The second kappa shape index (κ2) is 3.44. The van der Waals surface area contributed by atoms with E-state index in [1.165, 1.54) is 5.48 Å². The fourth-order valence-corrected chi connectivity index (χ4v) is 0.169. The first-order valence-electron chi connectivity index (χ1n) is 2.31. The zero-order chi connectivity index (χ0) is 8.15. The van der Waals surface area contributed by atoms with E-state index in [-0.39, 0.29) is 0 Å². The normalized spacial score (nSPS) is 8.10. The topological polar surface area (TPSA) is 98.5 Å². The third kappa shape index (κ3) is 3.42. The van der Waals surface area contributed by atoms with Crippen molar-refractivity contribution < 1.29 is 19.2 Å². The Bertz CT molecular complexity index is 176. The average Bonchev–Trinajstić information content (AvgIpc) is 1.82. The number of amides is 2. The monoisotopic (exact) mass is 146 g/mol. The second-order valence-electron chi connectivity index (χ2n) is 1.39. The Hall–Kier alpha value is -1.59. The number of hydrogen-bond donors (Lipinski definition) is 2. The number of hydroxylamine groups is 1. The van der Waals surface area contributed by atoms with Crippen molar-refractivity contribution in [2.75, 3.05) is 0 Å². The predicted octanol–water partition coefficient (Wildman–Crippen LogP) is -1.93. The Morgan fingerprint density at radius 3 is 2.20 bits per heavy atom. The van der Waals surface area contributed by atoms with Gasteiger partial charge in [-0.05, 0) is 0 Å². The smallest absolute Gasteiger partial charge is 0.341 e. The summed E-state index contributed by atoms with van der Waals surface area (Å²) in [5, 5.41) is 0. The molecule has 0 fully saturated rings. The highest BCUT2D eigenvalue weighted by molar-refractivity contribution is 6.34. The van der Waals surface area contributed by atoms with Gasteiger partial charge in [0.15, 0.2) is 0 Å². The minimum absolute atomic E-state index is 0.727. The van der Waals surface area contributed by atoms with Crippen molar-refractivity contribution in [1.29, 1.82) is 0 Å². The van der Waals surface area contributed by atoms with Crippen LogP contribution >= 0.6 is 0 Å². The number of carbonyl (C=O) groups excluding carboxylic acids is 3. The number of nitrogens with one attached hydrogen (secondary N) is 1. The summed E-state index contributed by atoms with van der Waals surface area (Å²) >= 11 is 0. The molecular weight excluding hydrogens is 140 g/mol. The zero-order valence-electron chi connectivity index (χ0n) is 5.21. The zero-order valence-corrected chi connectivity index (χ0v) is 5.21. The maximum absolute atomic E-state index is 10.2. The van der Waals surface area contributed by atoms with E-state index in [1.807, 2.05) is 0 Å². The molecule has 3 N–H and O–H groups in total. The molecule has 2 amide bonds. The van der Waals surface area contributed by atoms with Gasteiger partial charge in [-0.1, -0.05) is 0 Å². The lowest BCUT2D eigenvalue weighted by Crippen LogP contribution is -2.36. The third-order valence-corrected chi connectivity index (χ3v) is 0.511. The van der Waals surface area contributed by atoms with Crippen molar-refractivity contribution in [2.45, 2.75) is 6.92 Å². The third-order valence-electron chi connectivity index (χ3n) is 0.511. The van der Waals surface area contributed by atoms with Crippen LogP contribution in [0.3, 0.4) is 0 Å². The van der Waals surface area contributed by atoms with Gasteiger partial charge in [0, 0.05) is 6.92 Å². The van der Waals surface area contributed by atoms with Crippen molar-refractivity contribution >= 4 is 17.8 Å². The first-order valence-corrected chi connectivity index (χ1v) is 2.31. The van der Waals surface area contributed by atoms with Crippen LogP contribution < -0.4 is 11.2 Å². The van der Waals surface area contributed by atoms with E-state index < -0.39 is 17.8 Å². The summed E-state index contributed by atoms with van der Waals surface area (Å²) in [7, 11) is 0. The van der Waals surface area contributed by atoms with Gasteiger partial charge < -0.3 is 10.6 Å². The molecule has 10 heavy (non-hydrogen) atoms. The van der Waals surface area contributed by atoms with Gasteiger partial charge in [0.05, 0.1) is 0 Å². The Morgan fingerprint density at radius 1 is 1.40 bits per heavy atom. The molecular formula is C4H6N2O4. The first-order chi connectivity index (χ1) is 4.54. The summed E-state index contributed by atoms with van der Waals surface area (Å²) in [5.41, 5.74) is 6.00. The lowest BCUT2D eigenvalue weighted by atomic mass is 10.6. The molecule has 0 aromatic carbocycles. The quantitative estimate of drug-likeness (QED) is 0.307. The van der Waals surface area contributed by atoms with Gasteiger partial charge in [0.25, 0.3) is 0 Å². The Morgan fingerprint density at radius 2 is 1.90 bits per heavy atom. The van der Waals surface area contributed by atoms with Gasteiger partial charge in [-0.3, -0.25) is 14.4 Å². The van der Waals surface area contributed by atoms with E-state index in [4.69, 9.17) is 0 Å². The predicted molar refractivity (Wildman–Crippen MR) is 29.1 cm³/mol. The van der Waals surface area contributed by atoms with Gasteiger partial charge in [-0.2, -0.15) is 5.48 Å². The molecule has 0 rings (SSSR count). The van der Waals surface area contributed by atoms with Crippen LogP contribution in [0.1, 0.15) is 6.92 Å². The summed E-state index contributed by atoms with van der Waals surface area (Å²) in [5.74, 6) is -3.09. The minimum atomic E-state index is -1.21. The Kier molecular flexibility index (Phi) is 2.89. The van der Waals surface area contributed by atoms with Gasteiger partial charge in [-0.25, -0.2) is 0 Å². The highest BCUT2D eigenvalue weighted by Crippen LogP contribution is 1.68. The highest BCUT2D eigenvalue weighted by Gasteiger charge is 2.08. The van der Waals surface area contributed by atoms with E-state index in [2.05, 4.69) is 10.6 Å². The standard InChI is InChI=1S/C4H6N2O4/c1-2(7)10-6-4(9)3(5)8/h1H3,(H2,5,8)(H,6,9). The molecule has 0 atom stereocenters. The molecule has 6 heteroatoms. The fourth-order valence-electron chi connectivity index (χ4n) is 0.169. The van der Waals surface area contributed by atoms with E-state index >= 15 is 0 Å². The molecule has 0 aromatic rings. The molecule has 0 spiro atoms. The maximum atomic E-state index is 10.2. The minimum Gasteiger partial charge on any atom is -0.361 e. The molecule has 0 aliphatic rings. The lowest BCUT2D eigenvalue weighted by Gasteiger charge is -1.97. The molecule has 0 radical (unpaired) electrons. The van der Waals surface area contributed by atoms with E-state index in [0.717, 1.165) is 6.92 Å². The molecule has 6 nitrogen and oxygen atoms in total. The molecule has 0 unspecified atom stereocenters. The number of hydrogen-bond acceptors (Lipinski definition) is 4. The van der Waals surface area contributed by atoms with Crippen molar-refractivity contribution in [3.8, 4) is 0 Å². The van der Waals surface area contributed by atoms with Crippen molar-refractivity contribution in [1.82, 2.24) is 5.48 Å². The first kappa shape index (κ1) is 8.41. The molecule has 0 aliphatic heterocycles. The van der Waals surface area contributed by atoms with Crippen LogP contribution in [-0.2, 0) is 19.2 Å². The summed E-state index contributed by atoms with van der Waals surface area (Å²) in [6.07, 6.45) is 0. The number of carbonyl (C=O) groups is 3. The molecule has 0 heterocycles. The van der Waals surface area contributed by atoms with Gasteiger partial charge in [0.2, 0.25) is 0 Å². The number of rotatable bonds is 0. The molecule has 0 saturated carbocycles. The summed E-state index contributed by atoms with van der Waals surface area (Å²) in [4.78, 5) is 34.0. The van der Waals surface area contributed by atoms with Crippen LogP contribution in [0, 0.1) is 0 Å². The fraction of sp³-hybridized carbons (Fsp3) is 0.250. The van der Waals surface area contributed by atoms with E-state index in [0.29, 0.717) is 0 Å². The largest absolute Gasteiger partial charge is 0.361 e. The number of nitrogens with two attached hydrogens (primary N) is 1. The van der Waals surface area contributed by atoms with Crippen LogP contribution in [0.25, 0.3) is 0 Å². The van der Waals surface area contributed by atoms with Crippen molar-refractivity contribution in [3.63, 3.8) is 0 Å². The summed E-state index contributed by atoms with van der Waals surface area (Å²) in [6, 6.07) is 0. The Balaban J connectivity index is 3.60. The van der Waals surface area contributed by atoms with Crippen LogP contribution in [0.5, 0.6) is 0 Å². The van der Waals surface area contributed by atoms with Crippen LogP contribution in [0.2, 0.25) is 0 Å². The highest BCUT2D eigenvalue weighted by atomic mass is 16.7. The lowest BCUT2D eigenvalue weighted by molar-refractivity contribution is -0.158. The molecule has 0 saturated heterocycles. The van der Waals surface area contributed by atoms with Crippen molar-refractivity contribution in [2.24, 2.45) is 5.73 Å².